The van der Waals surface area contributed by atoms with Crippen LogP contribution >= 0.6 is 0 Å². The third-order valence-electron chi connectivity index (χ3n) is 3.59. The lowest BCUT2D eigenvalue weighted by Crippen LogP contribution is -2.31. The summed E-state index contributed by atoms with van der Waals surface area (Å²) in [5, 5.41) is 0. The van der Waals surface area contributed by atoms with Gasteiger partial charge in [-0.25, -0.2) is 9.97 Å². The van der Waals surface area contributed by atoms with Crippen molar-refractivity contribution in [2.75, 3.05) is 0 Å². The number of rotatable bonds is 1. The quantitative estimate of drug-likeness (QED) is 0.501. The van der Waals surface area contributed by atoms with E-state index in [-0.39, 0.29) is 0 Å². The number of benzene rings is 1. The maximum Gasteiger partial charge on any atom is 0.245 e. The third-order valence-corrected chi connectivity index (χ3v) is 3.59. The number of nitrogens with zero attached hydrogens (tertiary/aromatic N) is 4. The van der Waals surface area contributed by atoms with E-state index in [9.17, 15) is 0 Å². The van der Waals surface area contributed by atoms with E-state index in [0.29, 0.717) is 0 Å². The highest BCUT2D eigenvalue weighted by atomic mass is 15.1. The van der Waals surface area contributed by atoms with Crippen LogP contribution < -0.4 is 4.57 Å². The molecule has 0 saturated heterocycles. The van der Waals surface area contributed by atoms with Gasteiger partial charge in [-0.2, -0.15) is 4.57 Å². The van der Waals surface area contributed by atoms with Crippen LogP contribution in [0.5, 0.6) is 0 Å². The molecule has 4 heteroatoms. The highest BCUT2D eigenvalue weighted by molar-refractivity contribution is 5.79. The van der Waals surface area contributed by atoms with Gasteiger partial charge in [0.1, 0.15) is 6.20 Å². The van der Waals surface area contributed by atoms with Crippen molar-refractivity contribution in [1.82, 2.24) is 14.4 Å². The van der Waals surface area contributed by atoms with Gasteiger partial charge in [-0.15, -0.1) is 0 Å². The molecule has 1 aromatic carbocycles. The molecule has 4 aromatic rings. The third kappa shape index (κ3) is 1.96. The molecule has 0 aliphatic heterocycles. The second-order valence-electron chi connectivity index (χ2n) is 5.38. The Labute approximate surface area is 122 Å². The Morgan fingerprint density at radius 2 is 1.81 bits per heavy atom. The van der Waals surface area contributed by atoms with Crippen LogP contribution in [0.3, 0.4) is 0 Å². The number of aryl methyl sites for hydroxylation is 2. The summed E-state index contributed by atoms with van der Waals surface area (Å²) in [4.78, 5) is 9.01. The van der Waals surface area contributed by atoms with Crippen LogP contribution in [-0.4, -0.2) is 14.4 Å². The largest absolute Gasteiger partial charge is 0.277 e. The van der Waals surface area contributed by atoms with Crippen LogP contribution in [0.4, 0.5) is 0 Å². The molecule has 0 amide bonds. The van der Waals surface area contributed by atoms with E-state index in [1.165, 1.54) is 11.1 Å². The molecule has 0 radical (unpaired) electrons. The Bertz CT molecular complexity index is 949. The van der Waals surface area contributed by atoms with Gasteiger partial charge < -0.3 is 0 Å². The fraction of sp³-hybridized carbons (Fsp3) is 0.118. The zero-order valence-corrected chi connectivity index (χ0v) is 12.0. The van der Waals surface area contributed by atoms with Crippen LogP contribution in [0, 0.1) is 13.8 Å². The minimum absolute atomic E-state index is 0.727. The van der Waals surface area contributed by atoms with Gasteiger partial charge in [-0.05, 0) is 32.0 Å². The van der Waals surface area contributed by atoms with Crippen molar-refractivity contribution in [3.63, 3.8) is 0 Å². The minimum atomic E-state index is 0.727. The van der Waals surface area contributed by atoms with Crippen LogP contribution in [0.15, 0.2) is 55.1 Å². The maximum atomic E-state index is 4.53. The number of pyridine rings is 1. The Kier molecular flexibility index (Phi) is 2.51. The number of fused-ring (bicyclic) bond motifs is 3. The second-order valence-corrected chi connectivity index (χ2v) is 5.38. The molecule has 0 aliphatic carbocycles. The van der Waals surface area contributed by atoms with Crippen LogP contribution in [0.1, 0.15) is 11.1 Å². The average molecular weight is 275 g/mol. The van der Waals surface area contributed by atoms with E-state index >= 15 is 0 Å². The highest BCUT2D eigenvalue weighted by Gasteiger charge is 2.12. The summed E-state index contributed by atoms with van der Waals surface area (Å²) in [6.07, 6.45) is 8.15. The summed E-state index contributed by atoms with van der Waals surface area (Å²) in [6.45, 7) is 4.20. The van der Waals surface area contributed by atoms with E-state index in [4.69, 9.17) is 0 Å². The molecule has 0 N–H and O–H groups in total. The molecule has 0 fully saturated rings. The van der Waals surface area contributed by atoms with Crippen molar-refractivity contribution in [2.45, 2.75) is 13.8 Å². The van der Waals surface area contributed by atoms with Gasteiger partial charge in [0.05, 0.1) is 17.2 Å². The number of imidazole rings is 1. The SMILES string of the molecule is Cc1cc(C)c[n+](-c2cnc3nc4ccccc4n3c2)c1. The summed E-state index contributed by atoms with van der Waals surface area (Å²) in [5.74, 6) is 0.727. The van der Waals surface area contributed by atoms with E-state index < -0.39 is 0 Å². The van der Waals surface area contributed by atoms with Crippen molar-refractivity contribution in [1.29, 1.82) is 0 Å². The fourth-order valence-electron chi connectivity index (χ4n) is 2.73. The van der Waals surface area contributed by atoms with Gasteiger partial charge in [0.15, 0.2) is 12.4 Å². The lowest BCUT2D eigenvalue weighted by molar-refractivity contribution is -0.596. The number of aromatic nitrogens is 4. The summed E-state index contributed by atoms with van der Waals surface area (Å²) in [5.41, 5.74) is 5.52. The molecular formula is C17H15N4+. The first-order valence-corrected chi connectivity index (χ1v) is 6.93. The van der Waals surface area contributed by atoms with Crippen LogP contribution in [0.25, 0.3) is 22.5 Å². The first-order chi connectivity index (χ1) is 10.2. The second kappa shape index (κ2) is 4.38. The first-order valence-electron chi connectivity index (χ1n) is 6.93. The van der Waals surface area contributed by atoms with E-state index in [1.54, 1.807) is 0 Å². The maximum absolute atomic E-state index is 4.53. The van der Waals surface area contributed by atoms with E-state index in [1.807, 2.05) is 28.8 Å². The van der Waals surface area contributed by atoms with Crippen molar-refractivity contribution < 1.29 is 4.57 Å². The molecule has 3 heterocycles. The summed E-state index contributed by atoms with van der Waals surface area (Å²) in [6, 6.07) is 10.2. The zero-order valence-electron chi connectivity index (χ0n) is 12.0. The standard InChI is InChI=1S/C17H15N4/c1-12-7-13(2)10-20(9-12)14-8-18-17-19-15-5-3-4-6-16(15)21(17)11-14/h3-11H,1-2H3/q+1. The van der Waals surface area contributed by atoms with Crippen LogP contribution in [-0.2, 0) is 0 Å². The fourth-order valence-corrected chi connectivity index (χ4v) is 2.73. The van der Waals surface area contributed by atoms with Crippen molar-refractivity contribution in [3.8, 4) is 5.69 Å². The Balaban J connectivity index is 1.99. The molecule has 102 valence electrons. The molecule has 0 atom stereocenters. The highest BCUT2D eigenvalue weighted by Crippen LogP contribution is 2.15. The molecule has 0 spiro atoms. The van der Waals surface area contributed by atoms with Crippen LogP contribution in [0.2, 0.25) is 0 Å². The predicted octanol–water partition coefficient (Wildman–Crippen LogP) is 2.78. The summed E-state index contributed by atoms with van der Waals surface area (Å²) >= 11 is 0. The van der Waals surface area contributed by atoms with Crippen molar-refractivity contribution in [2.24, 2.45) is 0 Å². The van der Waals surface area contributed by atoms with Gasteiger partial charge >= 0.3 is 0 Å². The predicted molar refractivity (Wildman–Crippen MR) is 81.5 cm³/mol. The molecule has 4 rings (SSSR count). The molecule has 0 bridgehead atoms. The smallest absolute Gasteiger partial charge is 0.245 e. The van der Waals surface area contributed by atoms with Gasteiger partial charge in [0.2, 0.25) is 11.5 Å². The van der Waals surface area contributed by atoms with Crippen molar-refractivity contribution >= 4 is 16.8 Å². The number of hydrogen-bond acceptors (Lipinski definition) is 2. The average Bonchev–Trinajstić information content (AvgIpc) is 2.84. The van der Waals surface area contributed by atoms with E-state index in [2.05, 4.69) is 59.1 Å². The molecule has 0 saturated carbocycles. The topological polar surface area (TPSA) is 34.1 Å². The van der Waals surface area contributed by atoms with Gasteiger partial charge in [0, 0.05) is 11.1 Å². The minimum Gasteiger partial charge on any atom is -0.277 e. The normalized spacial score (nSPS) is 11.3. The molecule has 21 heavy (non-hydrogen) atoms. The molecule has 0 unspecified atom stereocenters. The summed E-state index contributed by atoms with van der Waals surface area (Å²) < 4.78 is 4.14. The zero-order chi connectivity index (χ0) is 14.4. The Morgan fingerprint density at radius 1 is 1.05 bits per heavy atom. The summed E-state index contributed by atoms with van der Waals surface area (Å²) in [7, 11) is 0. The Hall–Kier alpha value is -2.75. The molecule has 3 aromatic heterocycles. The monoisotopic (exact) mass is 275 g/mol. The Morgan fingerprint density at radius 3 is 2.62 bits per heavy atom. The molecular weight excluding hydrogens is 260 g/mol. The molecule has 0 aliphatic rings. The first kappa shape index (κ1) is 12.0. The van der Waals surface area contributed by atoms with Gasteiger partial charge in [0.25, 0.3) is 0 Å². The van der Waals surface area contributed by atoms with E-state index in [0.717, 1.165) is 22.5 Å². The number of hydrogen-bond donors (Lipinski definition) is 0. The van der Waals surface area contributed by atoms with Crippen molar-refractivity contribution in [3.05, 3.63) is 66.2 Å². The lowest BCUT2D eigenvalue weighted by atomic mass is 10.2. The molecule has 4 nitrogen and oxygen atoms in total. The lowest BCUT2D eigenvalue weighted by Gasteiger charge is -2.00. The van der Waals surface area contributed by atoms with Gasteiger partial charge in [-0.3, -0.25) is 4.40 Å². The van der Waals surface area contributed by atoms with Gasteiger partial charge in [-0.1, -0.05) is 12.1 Å². The number of para-hydroxylation sites is 2.